The van der Waals surface area contributed by atoms with E-state index in [9.17, 15) is 14.7 Å². The molecule has 0 aromatic carbocycles. The Morgan fingerprint density at radius 3 is 2.30 bits per heavy atom. The van der Waals surface area contributed by atoms with Gasteiger partial charge < -0.3 is 10.4 Å². The first-order valence-electron chi connectivity index (χ1n) is 16.8. The lowest BCUT2D eigenvalue weighted by Gasteiger charge is -2.46. The van der Waals surface area contributed by atoms with Crippen molar-refractivity contribution in [3.63, 3.8) is 0 Å². The Morgan fingerprint density at radius 2 is 1.70 bits per heavy atom. The van der Waals surface area contributed by atoms with Crippen LogP contribution in [-0.4, -0.2) is 29.2 Å². The van der Waals surface area contributed by atoms with Crippen LogP contribution in [0.2, 0.25) is 0 Å². The molecule has 0 aromatic rings. The minimum absolute atomic E-state index is 0.0224. The quantitative estimate of drug-likeness (QED) is 0.185. The zero-order valence-electron chi connectivity index (χ0n) is 28.9. The van der Waals surface area contributed by atoms with Crippen molar-refractivity contribution in [3.8, 4) is 0 Å². The van der Waals surface area contributed by atoms with E-state index in [1.807, 2.05) is 30.4 Å². The number of carboxylic acids is 1. The van der Waals surface area contributed by atoms with Crippen molar-refractivity contribution in [1.82, 2.24) is 5.32 Å². The second-order valence-corrected chi connectivity index (χ2v) is 15.7. The fourth-order valence-corrected chi connectivity index (χ4v) is 7.10. The second kappa shape index (κ2) is 15.5. The Hall–Kier alpha value is -2.43. The fourth-order valence-electron chi connectivity index (χ4n) is 7.10. The Balaban J connectivity index is 2.08. The van der Waals surface area contributed by atoms with Gasteiger partial charge in [-0.15, -0.1) is 0 Å². The average Bonchev–Trinajstić information content (AvgIpc) is 2.88. The van der Waals surface area contributed by atoms with E-state index in [1.54, 1.807) is 0 Å². The third kappa shape index (κ3) is 11.2. The summed E-state index contributed by atoms with van der Waals surface area (Å²) in [5.74, 6) is -0.703. The van der Waals surface area contributed by atoms with Gasteiger partial charge in [-0.05, 0) is 73.0 Å². The van der Waals surface area contributed by atoms with Gasteiger partial charge in [0.1, 0.15) is 0 Å². The summed E-state index contributed by atoms with van der Waals surface area (Å²) in [6.07, 6.45) is 26.0. The molecule has 0 aliphatic heterocycles. The van der Waals surface area contributed by atoms with E-state index in [2.05, 4.69) is 79.8 Å². The first-order chi connectivity index (χ1) is 20.0. The summed E-state index contributed by atoms with van der Waals surface area (Å²) in [7, 11) is 0. The highest BCUT2D eigenvalue weighted by Gasteiger charge is 2.44. The third-order valence-corrected chi connectivity index (χ3v) is 10.4. The van der Waals surface area contributed by atoms with Gasteiger partial charge in [-0.1, -0.05) is 112 Å². The summed E-state index contributed by atoms with van der Waals surface area (Å²) < 4.78 is 0. The number of allylic oxidation sites excluding steroid dienone is 7. The lowest BCUT2D eigenvalue weighted by molar-refractivity contribution is -0.140. The monoisotopic (exact) mass is 594 g/mol. The van der Waals surface area contributed by atoms with E-state index in [-0.39, 0.29) is 28.6 Å². The van der Waals surface area contributed by atoms with Crippen molar-refractivity contribution in [3.05, 3.63) is 48.2 Å². The second-order valence-electron chi connectivity index (χ2n) is 15.7. The molecule has 1 fully saturated rings. The number of rotatable bonds is 15. The van der Waals surface area contributed by atoms with Crippen molar-refractivity contribution >= 4 is 17.6 Å². The first-order valence-corrected chi connectivity index (χ1v) is 16.8. The number of carboxylic acid groups (broad SMARTS) is 1. The topological polar surface area (TPSA) is 78.8 Å². The van der Waals surface area contributed by atoms with E-state index in [0.717, 1.165) is 56.4 Å². The van der Waals surface area contributed by atoms with Gasteiger partial charge in [-0.3, -0.25) is 14.6 Å². The molecule has 5 nitrogen and oxygen atoms in total. The summed E-state index contributed by atoms with van der Waals surface area (Å²) >= 11 is 0. The molecule has 0 heterocycles. The summed E-state index contributed by atoms with van der Waals surface area (Å²) in [5, 5.41) is 12.7. The van der Waals surface area contributed by atoms with Crippen LogP contribution in [0.4, 0.5) is 0 Å². The van der Waals surface area contributed by atoms with E-state index < -0.39 is 11.4 Å². The highest BCUT2D eigenvalue weighted by molar-refractivity contribution is 5.96. The fraction of sp³-hybridized carbons (Fsp3) is 0.711. The van der Waals surface area contributed by atoms with Crippen LogP contribution in [0.25, 0.3) is 0 Å². The van der Waals surface area contributed by atoms with Crippen LogP contribution in [0.15, 0.2) is 53.2 Å². The standard InChI is InChI=1S/C38H62N2O3/c1-10-22-34(3,4)23-17-24-37(9,11-2)36(7,8)28-35(5,6)33(43)40-31-20-15-18-30(19-16-21-31)39-29-38(27-32(41)42)25-13-12-14-26-38/h15-18,20-21,24H,10-14,19,22-23,25-29H2,1-9H3,(H,40,43)(H,41,42)/b18-15-,21-16?,24-17?,31-20+,39-30?. The third-order valence-electron chi connectivity index (χ3n) is 10.4. The summed E-state index contributed by atoms with van der Waals surface area (Å²) in [4.78, 5) is 30.0. The maximum atomic E-state index is 13.6. The Kier molecular flexibility index (Phi) is 13.3. The molecular formula is C38H62N2O3. The number of aliphatic imine (C=N–C) groups is 1. The zero-order valence-corrected chi connectivity index (χ0v) is 28.9. The molecule has 2 aliphatic rings. The highest BCUT2D eigenvalue weighted by atomic mass is 16.4. The maximum absolute atomic E-state index is 13.6. The predicted molar refractivity (Wildman–Crippen MR) is 182 cm³/mol. The number of hydrogen-bond acceptors (Lipinski definition) is 3. The molecule has 0 spiro atoms. The summed E-state index contributed by atoms with van der Waals surface area (Å²) in [6.45, 7) is 20.8. The highest BCUT2D eigenvalue weighted by Crippen LogP contribution is 2.50. The lowest BCUT2D eigenvalue weighted by atomic mass is 9.59. The van der Waals surface area contributed by atoms with Crippen LogP contribution in [0, 0.1) is 27.1 Å². The Labute approximate surface area is 263 Å². The number of amides is 1. The van der Waals surface area contributed by atoms with Crippen LogP contribution < -0.4 is 5.32 Å². The van der Waals surface area contributed by atoms with E-state index in [1.165, 1.54) is 19.3 Å². The van der Waals surface area contributed by atoms with Crippen LogP contribution in [0.1, 0.15) is 139 Å². The average molecular weight is 595 g/mol. The molecule has 43 heavy (non-hydrogen) atoms. The molecule has 2 N–H and O–H groups in total. The minimum atomic E-state index is -0.730. The van der Waals surface area contributed by atoms with Gasteiger partial charge in [0.25, 0.3) is 0 Å². The molecule has 1 atom stereocenters. The van der Waals surface area contributed by atoms with Crippen molar-refractivity contribution in [2.75, 3.05) is 6.54 Å². The molecule has 242 valence electrons. The lowest BCUT2D eigenvalue weighted by Crippen LogP contribution is -2.43. The zero-order chi connectivity index (χ0) is 32.4. The molecule has 2 rings (SSSR count). The van der Waals surface area contributed by atoms with Crippen molar-refractivity contribution in [2.24, 2.45) is 32.1 Å². The maximum Gasteiger partial charge on any atom is 0.303 e. The van der Waals surface area contributed by atoms with Crippen LogP contribution >= 0.6 is 0 Å². The minimum Gasteiger partial charge on any atom is -0.481 e. The molecule has 0 bridgehead atoms. The van der Waals surface area contributed by atoms with E-state index in [4.69, 9.17) is 4.99 Å². The van der Waals surface area contributed by atoms with Gasteiger partial charge in [0.15, 0.2) is 0 Å². The van der Waals surface area contributed by atoms with Crippen LogP contribution in [0.3, 0.4) is 0 Å². The van der Waals surface area contributed by atoms with E-state index >= 15 is 0 Å². The van der Waals surface area contributed by atoms with Crippen LogP contribution in [-0.2, 0) is 9.59 Å². The molecule has 0 saturated heterocycles. The molecule has 0 aromatic heterocycles. The SMILES string of the molecule is CCCC(C)(C)CC=CC(C)(CC)C(C)(C)CC(C)(C)C(=O)N/C1=C/C=C\C(=NCC2(CC(=O)O)CCCCC2)CC=C1. The molecule has 1 unspecified atom stereocenters. The number of hydrogen-bond donors (Lipinski definition) is 2. The molecule has 5 heteroatoms. The van der Waals surface area contributed by atoms with Gasteiger partial charge in [0.2, 0.25) is 5.91 Å². The van der Waals surface area contributed by atoms with Gasteiger partial charge >= 0.3 is 5.97 Å². The number of aliphatic carboxylic acids is 1. The van der Waals surface area contributed by atoms with Gasteiger partial charge in [-0.25, -0.2) is 0 Å². The number of nitrogens with one attached hydrogen (secondary N) is 1. The number of carbonyl (C=O) groups excluding carboxylic acids is 1. The van der Waals surface area contributed by atoms with Gasteiger partial charge in [-0.2, -0.15) is 0 Å². The predicted octanol–water partition coefficient (Wildman–Crippen LogP) is 10.0. The molecule has 0 radical (unpaired) electrons. The number of nitrogens with zero attached hydrogens (tertiary/aromatic N) is 1. The summed E-state index contributed by atoms with van der Waals surface area (Å²) in [6, 6.07) is 0. The molecular weight excluding hydrogens is 532 g/mol. The van der Waals surface area contributed by atoms with Crippen molar-refractivity contribution in [1.29, 1.82) is 0 Å². The normalized spacial score (nSPS) is 22.3. The molecule has 1 amide bonds. The van der Waals surface area contributed by atoms with Gasteiger partial charge in [0.05, 0.1) is 6.42 Å². The van der Waals surface area contributed by atoms with Crippen molar-refractivity contribution < 1.29 is 14.7 Å². The first kappa shape index (κ1) is 36.8. The molecule has 1 saturated carbocycles. The van der Waals surface area contributed by atoms with Crippen molar-refractivity contribution in [2.45, 2.75) is 139 Å². The Bertz CT molecular complexity index is 1100. The summed E-state index contributed by atoms with van der Waals surface area (Å²) in [5.41, 5.74) is 1.15. The molecule has 2 aliphatic carbocycles. The van der Waals surface area contributed by atoms with Gasteiger partial charge in [0, 0.05) is 35.2 Å². The van der Waals surface area contributed by atoms with Crippen LogP contribution in [0.5, 0.6) is 0 Å². The smallest absolute Gasteiger partial charge is 0.303 e. The number of carbonyl (C=O) groups is 2. The van der Waals surface area contributed by atoms with E-state index in [0.29, 0.717) is 18.4 Å². The largest absolute Gasteiger partial charge is 0.481 e. The Morgan fingerprint density at radius 1 is 1.02 bits per heavy atom.